The molecule has 2 aliphatic heterocycles. The van der Waals surface area contributed by atoms with Crippen molar-refractivity contribution >= 4 is 39.3 Å². The smallest absolute Gasteiger partial charge is 0.243 e. The highest BCUT2D eigenvalue weighted by Crippen LogP contribution is 2.31. The molecule has 2 atom stereocenters. The molecule has 2 aromatic carbocycles. The second kappa shape index (κ2) is 7.45. The zero-order chi connectivity index (χ0) is 19.0. The van der Waals surface area contributed by atoms with Crippen LogP contribution in [0.1, 0.15) is 25.7 Å². The Balaban J connectivity index is 1.66. The van der Waals surface area contributed by atoms with Crippen LogP contribution < -0.4 is 0 Å². The van der Waals surface area contributed by atoms with Crippen LogP contribution in [0.5, 0.6) is 0 Å². The van der Waals surface area contributed by atoms with E-state index in [1.54, 1.807) is 12.1 Å². The average Bonchev–Trinajstić information content (AvgIpc) is 3.10. The van der Waals surface area contributed by atoms with Gasteiger partial charge in [-0.1, -0.05) is 30.3 Å². The highest BCUT2D eigenvalue weighted by atomic mass is 32.2. The topological polar surface area (TPSA) is 57.7 Å². The van der Waals surface area contributed by atoms with Crippen LogP contribution in [0.4, 0.5) is 0 Å². The van der Waals surface area contributed by atoms with Crippen LogP contribution in [0.25, 0.3) is 10.8 Å². The molecule has 2 saturated heterocycles. The number of sulfonamides is 1. The molecule has 2 fully saturated rings. The Labute approximate surface area is 165 Å². The summed E-state index contributed by atoms with van der Waals surface area (Å²) in [6.07, 6.45) is 3.56. The minimum atomic E-state index is -3.76. The largest absolute Gasteiger partial charge is 0.341 e. The lowest BCUT2D eigenvalue weighted by Gasteiger charge is -2.32. The van der Waals surface area contributed by atoms with Gasteiger partial charge in [0.2, 0.25) is 15.9 Å². The first kappa shape index (κ1) is 18.8. The number of likely N-dealkylation sites (tertiary alicyclic amines) is 1. The van der Waals surface area contributed by atoms with E-state index in [0.717, 1.165) is 43.1 Å². The predicted octanol–water partition coefficient (Wildman–Crippen LogP) is 2.91. The second-order valence-electron chi connectivity index (χ2n) is 7.37. The number of benzene rings is 2. The molecule has 144 valence electrons. The van der Waals surface area contributed by atoms with Gasteiger partial charge in [-0.2, -0.15) is 16.9 Å². The zero-order valence-electron chi connectivity index (χ0n) is 15.1. The number of hydrogen-bond acceptors (Lipinski definition) is 4. The van der Waals surface area contributed by atoms with Gasteiger partial charge in [-0.3, -0.25) is 4.79 Å². The molecule has 2 aromatic rings. The molecule has 2 aliphatic rings. The van der Waals surface area contributed by atoms with Gasteiger partial charge >= 0.3 is 0 Å². The number of carbonyl (C=O) groups is 1. The van der Waals surface area contributed by atoms with Crippen LogP contribution in [-0.2, 0) is 14.8 Å². The lowest BCUT2D eigenvalue weighted by molar-refractivity contribution is -0.135. The van der Waals surface area contributed by atoms with Crippen molar-refractivity contribution in [2.45, 2.75) is 41.9 Å². The first-order valence-electron chi connectivity index (χ1n) is 9.44. The molecule has 0 N–H and O–H groups in total. The van der Waals surface area contributed by atoms with Crippen molar-refractivity contribution in [2.75, 3.05) is 19.6 Å². The van der Waals surface area contributed by atoms with E-state index >= 15 is 0 Å². The molecule has 0 unspecified atom stereocenters. The van der Waals surface area contributed by atoms with Gasteiger partial charge in [0.25, 0.3) is 0 Å². The van der Waals surface area contributed by atoms with E-state index in [1.165, 1.54) is 4.31 Å². The monoisotopic (exact) mass is 404 g/mol. The van der Waals surface area contributed by atoms with Crippen LogP contribution in [0, 0.1) is 0 Å². The second-order valence-corrected chi connectivity index (χ2v) is 10.00. The van der Waals surface area contributed by atoms with Crippen molar-refractivity contribution in [1.82, 2.24) is 9.21 Å². The fourth-order valence-corrected chi connectivity index (χ4v) is 6.22. The average molecular weight is 405 g/mol. The van der Waals surface area contributed by atoms with Gasteiger partial charge in [0.15, 0.2) is 0 Å². The molecule has 0 aromatic heterocycles. The molecule has 1 amide bonds. The number of piperidine rings is 1. The molecule has 2 heterocycles. The van der Waals surface area contributed by atoms with Crippen molar-refractivity contribution in [1.29, 1.82) is 0 Å². The highest BCUT2D eigenvalue weighted by Gasteiger charge is 2.44. The van der Waals surface area contributed by atoms with Crippen molar-refractivity contribution in [2.24, 2.45) is 0 Å². The van der Waals surface area contributed by atoms with Gasteiger partial charge in [-0.05, 0) is 48.6 Å². The minimum Gasteiger partial charge on any atom is -0.341 e. The van der Waals surface area contributed by atoms with Gasteiger partial charge in [-0.15, -0.1) is 0 Å². The van der Waals surface area contributed by atoms with Crippen LogP contribution in [0.15, 0.2) is 47.4 Å². The Hall–Kier alpha value is -1.57. The summed E-state index contributed by atoms with van der Waals surface area (Å²) < 4.78 is 28.1. The van der Waals surface area contributed by atoms with Crippen molar-refractivity contribution < 1.29 is 13.2 Å². The fraction of sp³-hybridized carbons (Fsp3) is 0.450. The summed E-state index contributed by atoms with van der Waals surface area (Å²) in [6.45, 7) is 1.70. The molecule has 27 heavy (non-hydrogen) atoms. The molecular formula is C20H24N2O3S2. The van der Waals surface area contributed by atoms with E-state index < -0.39 is 16.1 Å². The van der Waals surface area contributed by atoms with E-state index in [1.807, 2.05) is 35.2 Å². The maximum Gasteiger partial charge on any atom is 0.243 e. The third kappa shape index (κ3) is 3.60. The minimum absolute atomic E-state index is 0.0735. The summed E-state index contributed by atoms with van der Waals surface area (Å²) in [5.41, 5.74) is 0. The van der Waals surface area contributed by atoms with Crippen LogP contribution >= 0.6 is 12.6 Å². The number of nitrogens with zero attached hydrogens (tertiary/aromatic N) is 2. The van der Waals surface area contributed by atoms with Gasteiger partial charge in [0, 0.05) is 24.9 Å². The molecule has 7 heteroatoms. The summed E-state index contributed by atoms with van der Waals surface area (Å²) in [7, 11) is -3.76. The third-order valence-corrected chi connectivity index (χ3v) is 7.76. The van der Waals surface area contributed by atoms with Crippen molar-refractivity contribution in [3.63, 3.8) is 0 Å². The Morgan fingerprint density at radius 1 is 1.00 bits per heavy atom. The van der Waals surface area contributed by atoms with Gasteiger partial charge in [-0.25, -0.2) is 8.42 Å². The fourth-order valence-electron chi connectivity index (χ4n) is 4.06. The number of rotatable bonds is 3. The van der Waals surface area contributed by atoms with Crippen LogP contribution in [0.3, 0.4) is 0 Å². The van der Waals surface area contributed by atoms with Gasteiger partial charge in [0.05, 0.1) is 4.90 Å². The normalized spacial score (nSPS) is 24.4. The quantitative estimate of drug-likeness (QED) is 0.801. The summed E-state index contributed by atoms with van der Waals surface area (Å²) in [5, 5.41) is 1.74. The summed E-state index contributed by atoms with van der Waals surface area (Å²) in [4.78, 5) is 15.1. The molecule has 0 saturated carbocycles. The standard InChI is InChI=1S/C20H24N2O3S2/c23-20(21-10-4-1-5-11-21)19-13-17(26)14-22(19)27(24,25)18-9-8-15-6-2-3-7-16(15)12-18/h2-3,6-9,12,17,19,26H,1,4-5,10-11,13-14H2/t17-,19-/m0/s1. The van der Waals surface area contributed by atoms with Gasteiger partial charge < -0.3 is 4.90 Å². The first-order chi connectivity index (χ1) is 13.0. The van der Waals surface area contributed by atoms with Gasteiger partial charge in [0.1, 0.15) is 6.04 Å². The summed E-state index contributed by atoms with van der Waals surface area (Å²) in [5.74, 6) is -0.0735. The Kier molecular flexibility index (Phi) is 5.18. The predicted molar refractivity (Wildman–Crippen MR) is 109 cm³/mol. The number of amides is 1. The van der Waals surface area contributed by atoms with E-state index in [0.29, 0.717) is 6.42 Å². The summed E-state index contributed by atoms with van der Waals surface area (Å²) in [6, 6.07) is 12.2. The maximum atomic E-state index is 13.3. The molecule has 4 rings (SSSR count). The number of thiol groups is 1. The molecule has 0 bridgehead atoms. The molecule has 0 aliphatic carbocycles. The van der Waals surface area contributed by atoms with E-state index in [2.05, 4.69) is 12.6 Å². The SMILES string of the molecule is O=C([C@@H]1C[C@H](S)CN1S(=O)(=O)c1ccc2ccccc2c1)N1CCCCC1. The van der Waals surface area contributed by atoms with Crippen molar-refractivity contribution in [3.05, 3.63) is 42.5 Å². The van der Waals surface area contributed by atoms with Crippen LogP contribution in [0.2, 0.25) is 0 Å². The Bertz CT molecular complexity index is 955. The molecule has 5 nitrogen and oxygen atoms in total. The first-order valence-corrected chi connectivity index (χ1v) is 11.4. The lowest BCUT2D eigenvalue weighted by Crippen LogP contribution is -2.49. The van der Waals surface area contributed by atoms with Crippen molar-refractivity contribution in [3.8, 4) is 0 Å². The highest BCUT2D eigenvalue weighted by molar-refractivity contribution is 7.89. The summed E-state index contributed by atoms with van der Waals surface area (Å²) >= 11 is 4.50. The molecule has 0 spiro atoms. The Morgan fingerprint density at radius 3 is 2.44 bits per heavy atom. The molecule has 0 radical (unpaired) electrons. The number of carbonyl (C=O) groups excluding carboxylic acids is 1. The molecular weight excluding hydrogens is 380 g/mol. The van der Waals surface area contributed by atoms with E-state index in [-0.39, 0.29) is 22.6 Å². The third-order valence-electron chi connectivity index (χ3n) is 5.51. The van der Waals surface area contributed by atoms with E-state index in [4.69, 9.17) is 0 Å². The van der Waals surface area contributed by atoms with Crippen LogP contribution in [-0.4, -0.2) is 54.5 Å². The van der Waals surface area contributed by atoms with E-state index in [9.17, 15) is 13.2 Å². The Morgan fingerprint density at radius 2 is 1.70 bits per heavy atom. The number of fused-ring (bicyclic) bond motifs is 1. The maximum absolute atomic E-state index is 13.3. The lowest BCUT2D eigenvalue weighted by atomic mass is 10.1. The zero-order valence-corrected chi connectivity index (χ0v) is 16.8. The number of hydrogen-bond donors (Lipinski definition) is 1.